The van der Waals surface area contributed by atoms with E-state index in [-0.39, 0.29) is 12.1 Å². The van der Waals surface area contributed by atoms with Crippen molar-refractivity contribution in [2.45, 2.75) is 12.6 Å². The smallest absolute Gasteiger partial charge is 0.323 e. The molecule has 0 spiro atoms. The minimum Gasteiger partial charge on any atom is -0.497 e. The van der Waals surface area contributed by atoms with Gasteiger partial charge < -0.3 is 24.3 Å². The average Bonchev–Trinajstić information content (AvgIpc) is 3.50. The fourth-order valence-corrected chi connectivity index (χ4v) is 5.02. The summed E-state index contributed by atoms with van der Waals surface area (Å²) in [4.78, 5) is 16.7. The normalized spacial score (nSPS) is 14.8. The molecule has 0 unspecified atom stereocenters. The van der Waals surface area contributed by atoms with Crippen molar-refractivity contribution in [1.82, 2.24) is 9.47 Å². The van der Waals surface area contributed by atoms with Crippen LogP contribution in [0.5, 0.6) is 11.5 Å². The summed E-state index contributed by atoms with van der Waals surface area (Å²) in [6.07, 6.45) is 2.06. The summed E-state index contributed by atoms with van der Waals surface area (Å²) in [5.74, 6) is 1.21. The Morgan fingerprint density at radius 2 is 1.91 bits per heavy atom. The fourth-order valence-electron chi connectivity index (χ4n) is 4.17. The molecule has 32 heavy (non-hydrogen) atoms. The van der Waals surface area contributed by atoms with Crippen molar-refractivity contribution in [2.75, 3.05) is 19.5 Å². The summed E-state index contributed by atoms with van der Waals surface area (Å²) in [7, 11) is 3.18. The second-order valence-electron chi connectivity index (χ2n) is 7.47. The van der Waals surface area contributed by atoms with E-state index >= 15 is 0 Å². The van der Waals surface area contributed by atoms with Crippen molar-refractivity contribution in [3.8, 4) is 17.2 Å². The molecule has 4 aromatic rings. The third-order valence-corrected chi connectivity index (χ3v) is 6.61. The second-order valence-corrected chi connectivity index (χ2v) is 8.45. The summed E-state index contributed by atoms with van der Waals surface area (Å²) >= 11 is 1.65. The zero-order valence-corrected chi connectivity index (χ0v) is 18.6. The van der Waals surface area contributed by atoms with Crippen molar-refractivity contribution >= 4 is 23.1 Å². The number of nitrogens with one attached hydrogen (secondary N) is 1. The van der Waals surface area contributed by atoms with E-state index in [1.165, 1.54) is 0 Å². The molecule has 2 amide bonds. The number of nitrogens with zero attached hydrogens (tertiary/aromatic N) is 2. The molecule has 7 heteroatoms. The number of para-hydroxylation sites is 1. The van der Waals surface area contributed by atoms with Gasteiger partial charge in [0.25, 0.3) is 0 Å². The van der Waals surface area contributed by atoms with Crippen LogP contribution in [0.3, 0.4) is 0 Å². The maximum atomic E-state index is 13.7. The van der Waals surface area contributed by atoms with Crippen LogP contribution in [0.4, 0.5) is 10.5 Å². The third-order valence-electron chi connectivity index (χ3n) is 5.69. The number of hydrogen-bond acceptors (Lipinski definition) is 4. The summed E-state index contributed by atoms with van der Waals surface area (Å²) in [5.41, 5.74) is 3.82. The van der Waals surface area contributed by atoms with Crippen LogP contribution in [0.1, 0.15) is 22.2 Å². The Kier molecular flexibility index (Phi) is 5.33. The van der Waals surface area contributed by atoms with Crippen LogP contribution >= 0.6 is 11.3 Å². The number of thiophene rings is 1. The van der Waals surface area contributed by atoms with E-state index in [2.05, 4.69) is 40.3 Å². The zero-order chi connectivity index (χ0) is 22.1. The Bertz CT molecular complexity index is 1250. The van der Waals surface area contributed by atoms with Crippen LogP contribution in [0.15, 0.2) is 78.3 Å². The van der Waals surface area contributed by atoms with Crippen molar-refractivity contribution < 1.29 is 14.3 Å². The number of ether oxygens (including phenoxy) is 2. The predicted octanol–water partition coefficient (Wildman–Crippen LogP) is 5.69. The van der Waals surface area contributed by atoms with Gasteiger partial charge in [0.05, 0.1) is 37.8 Å². The first kappa shape index (κ1) is 20.2. The minimum absolute atomic E-state index is 0.198. The molecule has 0 radical (unpaired) electrons. The fraction of sp³-hybridized carbons (Fsp3) is 0.160. The number of carbonyl (C=O) groups is 1. The van der Waals surface area contributed by atoms with E-state index in [1.807, 2.05) is 34.5 Å². The molecule has 1 aliphatic rings. The number of hydrogen-bond donors (Lipinski definition) is 1. The van der Waals surface area contributed by atoms with E-state index in [0.29, 0.717) is 23.7 Å². The van der Waals surface area contributed by atoms with Crippen molar-refractivity contribution in [3.05, 3.63) is 94.4 Å². The molecule has 2 aromatic heterocycles. The van der Waals surface area contributed by atoms with Gasteiger partial charge in [0.15, 0.2) is 0 Å². The number of rotatable bonds is 4. The lowest BCUT2D eigenvalue weighted by Crippen LogP contribution is -2.37. The highest BCUT2D eigenvalue weighted by molar-refractivity contribution is 7.10. The van der Waals surface area contributed by atoms with E-state index in [0.717, 1.165) is 21.8 Å². The third kappa shape index (κ3) is 3.50. The molecule has 5 rings (SSSR count). The SMILES string of the molecule is COc1ccc(NC(=O)N2Cc3ccccc3-n3cccc3[C@@H]2c2cccs2)c(OC)c1. The topological polar surface area (TPSA) is 55.7 Å². The number of aromatic nitrogens is 1. The second kappa shape index (κ2) is 8.43. The largest absolute Gasteiger partial charge is 0.497 e. The molecule has 1 N–H and O–H groups in total. The van der Waals surface area contributed by atoms with Gasteiger partial charge in [0.1, 0.15) is 17.5 Å². The van der Waals surface area contributed by atoms with Gasteiger partial charge in [-0.3, -0.25) is 0 Å². The lowest BCUT2D eigenvalue weighted by atomic mass is 10.1. The first-order valence-corrected chi connectivity index (χ1v) is 11.2. The molecule has 3 heterocycles. The number of urea groups is 1. The van der Waals surface area contributed by atoms with E-state index in [1.54, 1.807) is 43.8 Å². The van der Waals surface area contributed by atoms with Gasteiger partial charge in [-0.05, 0) is 47.3 Å². The summed E-state index contributed by atoms with van der Waals surface area (Å²) in [6, 6.07) is 21.4. The van der Waals surface area contributed by atoms with Gasteiger partial charge in [0, 0.05) is 17.1 Å². The lowest BCUT2D eigenvalue weighted by Gasteiger charge is -2.30. The highest BCUT2D eigenvalue weighted by Gasteiger charge is 2.33. The molecular formula is C25H23N3O3S. The van der Waals surface area contributed by atoms with Crippen LogP contribution in [-0.2, 0) is 6.54 Å². The lowest BCUT2D eigenvalue weighted by molar-refractivity contribution is 0.195. The molecule has 2 aromatic carbocycles. The van der Waals surface area contributed by atoms with Crippen LogP contribution < -0.4 is 14.8 Å². The van der Waals surface area contributed by atoms with Gasteiger partial charge in [-0.25, -0.2) is 4.79 Å². The first-order valence-electron chi connectivity index (χ1n) is 10.3. The van der Waals surface area contributed by atoms with Crippen LogP contribution in [0.25, 0.3) is 5.69 Å². The number of methoxy groups -OCH3 is 2. The van der Waals surface area contributed by atoms with Crippen molar-refractivity contribution in [2.24, 2.45) is 0 Å². The number of carbonyl (C=O) groups excluding carboxylic acids is 1. The Hall–Kier alpha value is -3.71. The first-order chi connectivity index (χ1) is 15.7. The number of amides is 2. The standard InChI is InChI=1S/C25H23N3O3S/c1-30-18-11-12-19(22(15-18)31-2)26-25(29)28-16-17-7-3-4-8-20(17)27-13-5-9-21(27)24(28)23-10-6-14-32-23/h3-15,24H,16H2,1-2H3,(H,26,29)/t24-/m1/s1. The predicted molar refractivity (Wildman–Crippen MR) is 126 cm³/mol. The maximum Gasteiger partial charge on any atom is 0.323 e. The number of fused-ring (bicyclic) bond motifs is 3. The molecule has 162 valence electrons. The highest BCUT2D eigenvalue weighted by atomic mass is 32.1. The molecule has 1 atom stereocenters. The quantitative estimate of drug-likeness (QED) is 0.439. The van der Waals surface area contributed by atoms with Crippen LogP contribution in [0.2, 0.25) is 0 Å². The zero-order valence-electron chi connectivity index (χ0n) is 17.8. The number of anilines is 1. The van der Waals surface area contributed by atoms with Gasteiger partial charge in [-0.2, -0.15) is 0 Å². The molecule has 0 saturated carbocycles. The Balaban J connectivity index is 1.58. The molecule has 1 aliphatic heterocycles. The molecule has 6 nitrogen and oxygen atoms in total. The molecule has 0 aliphatic carbocycles. The number of benzene rings is 2. The molecular weight excluding hydrogens is 422 g/mol. The van der Waals surface area contributed by atoms with Gasteiger partial charge in [0.2, 0.25) is 0 Å². The Morgan fingerprint density at radius 3 is 2.69 bits per heavy atom. The minimum atomic E-state index is -0.221. The van der Waals surface area contributed by atoms with E-state index < -0.39 is 0 Å². The molecule has 0 bridgehead atoms. The van der Waals surface area contributed by atoms with Gasteiger partial charge in [-0.1, -0.05) is 24.3 Å². The maximum absolute atomic E-state index is 13.7. The van der Waals surface area contributed by atoms with Gasteiger partial charge >= 0.3 is 6.03 Å². The van der Waals surface area contributed by atoms with Gasteiger partial charge in [-0.15, -0.1) is 11.3 Å². The Labute approximate surface area is 190 Å². The monoisotopic (exact) mass is 445 g/mol. The highest BCUT2D eigenvalue weighted by Crippen LogP contribution is 2.39. The van der Waals surface area contributed by atoms with Crippen molar-refractivity contribution in [1.29, 1.82) is 0 Å². The van der Waals surface area contributed by atoms with E-state index in [9.17, 15) is 4.79 Å². The summed E-state index contributed by atoms with van der Waals surface area (Å²) in [6.45, 7) is 0.477. The Morgan fingerprint density at radius 1 is 1.03 bits per heavy atom. The molecule has 0 saturated heterocycles. The van der Waals surface area contributed by atoms with Crippen LogP contribution in [-0.4, -0.2) is 29.7 Å². The van der Waals surface area contributed by atoms with Crippen LogP contribution in [0, 0.1) is 0 Å². The average molecular weight is 446 g/mol. The summed E-state index contributed by atoms with van der Waals surface area (Å²) < 4.78 is 12.9. The molecule has 0 fully saturated rings. The van der Waals surface area contributed by atoms with Crippen molar-refractivity contribution in [3.63, 3.8) is 0 Å². The summed E-state index contributed by atoms with van der Waals surface area (Å²) in [5, 5.41) is 5.10. The van der Waals surface area contributed by atoms with E-state index in [4.69, 9.17) is 9.47 Å².